The van der Waals surface area contributed by atoms with E-state index < -0.39 is 4.55 Å². The summed E-state index contributed by atoms with van der Waals surface area (Å²) in [7, 11) is 0. The molecule has 2 saturated carbocycles. The van der Waals surface area contributed by atoms with Crippen LogP contribution in [0.2, 0.25) is 0 Å². The molecule has 0 N–H and O–H groups in total. The lowest BCUT2D eigenvalue weighted by atomic mass is 10.0. The van der Waals surface area contributed by atoms with Crippen molar-refractivity contribution in [2.24, 2.45) is 5.92 Å². The topological polar surface area (TPSA) is 17.1 Å². The van der Waals surface area contributed by atoms with E-state index in [0.29, 0.717) is 0 Å². The Labute approximate surface area is 83.2 Å². The molecule has 0 atom stereocenters. The first kappa shape index (κ1) is 8.77. The Bertz CT molecular complexity index is 214. The van der Waals surface area contributed by atoms with Gasteiger partial charge in [0.05, 0.1) is 0 Å². The number of hydrogen-bond acceptors (Lipinski definition) is 1. The van der Waals surface area contributed by atoms with Crippen LogP contribution in [0.3, 0.4) is 0 Å². The average Bonchev–Trinajstić information content (AvgIpc) is 2.42. The van der Waals surface area contributed by atoms with Gasteiger partial charge < -0.3 is 0 Å². The molecule has 0 saturated heterocycles. The number of halogens is 2. The number of hydrogen-bond donors (Lipinski definition) is 0. The molecule has 2 fully saturated rings. The SMILES string of the molecule is O=P(Br)(Br)C12CCC(CC1)C2. The molecular weight excluding hydrogens is 291 g/mol. The van der Waals surface area contributed by atoms with Crippen molar-refractivity contribution in [2.45, 2.75) is 37.3 Å². The van der Waals surface area contributed by atoms with Crippen molar-refractivity contribution in [2.75, 3.05) is 0 Å². The third-order valence-corrected chi connectivity index (χ3v) is 9.50. The molecule has 0 aromatic heterocycles. The fraction of sp³-hybridized carbons (Fsp3) is 1.00. The van der Waals surface area contributed by atoms with E-state index in [0.717, 1.165) is 18.8 Å². The lowest BCUT2D eigenvalue weighted by molar-refractivity contribution is 0.485. The fourth-order valence-corrected chi connectivity index (χ4v) is 6.77. The Kier molecular flexibility index (Phi) is 2.06. The maximum atomic E-state index is 11.8. The molecule has 4 heteroatoms. The van der Waals surface area contributed by atoms with E-state index >= 15 is 0 Å². The largest absolute Gasteiger partial charge is 0.299 e. The molecule has 0 unspecified atom stereocenters. The molecule has 2 aliphatic carbocycles. The van der Waals surface area contributed by atoms with Crippen molar-refractivity contribution in [1.29, 1.82) is 0 Å². The van der Waals surface area contributed by atoms with Crippen molar-refractivity contribution in [3.8, 4) is 0 Å². The fourth-order valence-electron chi connectivity index (χ4n) is 2.53. The Balaban J connectivity index is 2.30. The van der Waals surface area contributed by atoms with Gasteiger partial charge in [-0.3, -0.25) is 4.57 Å². The van der Waals surface area contributed by atoms with Gasteiger partial charge in [-0.05, 0) is 69.0 Å². The van der Waals surface area contributed by atoms with Gasteiger partial charge in [0.15, 0.2) is 0 Å². The normalized spacial score (nSPS) is 43.3. The highest BCUT2D eigenvalue weighted by atomic mass is 79.9. The summed E-state index contributed by atoms with van der Waals surface area (Å²) < 4.78 is 9.65. The Morgan fingerprint density at radius 1 is 1.27 bits per heavy atom. The van der Waals surface area contributed by atoms with Gasteiger partial charge in [0, 0.05) is 5.16 Å². The molecule has 0 radical (unpaired) electrons. The van der Waals surface area contributed by atoms with Crippen LogP contribution in [0, 0.1) is 5.92 Å². The zero-order valence-electron chi connectivity index (χ0n) is 6.22. The van der Waals surface area contributed by atoms with Gasteiger partial charge in [-0.15, -0.1) is 0 Å². The van der Waals surface area contributed by atoms with Crippen LogP contribution in [0.1, 0.15) is 32.1 Å². The number of fused-ring (bicyclic) bond motifs is 2. The van der Waals surface area contributed by atoms with Crippen LogP contribution in [-0.2, 0) is 4.57 Å². The highest BCUT2D eigenvalue weighted by molar-refractivity contribution is 9.70. The molecule has 1 nitrogen and oxygen atoms in total. The molecule has 2 bridgehead atoms. The molecule has 2 aliphatic rings. The third-order valence-electron chi connectivity index (χ3n) is 3.26. The first-order valence-electron chi connectivity index (χ1n) is 4.03. The van der Waals surface area contributed by atoms with Crippen LogP contribution in [-0.4, -0.2) is 5.16 Å². The van der Waals surface area contributed by atoms with Crippen LogP contribution in [0.4, 0.5) is 0 Å². The Morgan fingerprint density at radius 2 is 1.82 bits per heavy atom. The molecule has 64 valence electrons. The third kappa shape index (κ3) is 1.28. The Morgan fingerprint density at radius 3 is 2.00 bits per heavy atom. The molecule has 0 aromatic carbocycles. The monoisotopic (exact) mass is 300 g/mol. The van der Waals surface area contributed by atoms with E-state index in [9.17, 15) is 4.57 Å². The second-order valence-electron chi connectivity index (χ2n) is 3.83. The lowest BCUT2D eigenvalue weighted by Crippen LogP contribution is -2.17. The smallest absolute Gasteiger partial charge is 0.213 e. The summed E-state index contributed by atoms with van der Waals surface area (Å²) in [5.41, 5.74) is 0. The summed E-state index contributed by atoms with van der Waals surface area (Å²) in [6, 6.07) is 0. The van der Waals surface area contributed by atoms with Crippen LogP contribution in [0.25, 0.3) is 0 Å². The predicted molar refractivity (Wildman–Crippen MR) is 54.8 cm³/mol. The molecule has 0 spiro atoms. The van der Waals surface area contributed by atoms with Crippen LogP contribution >= 0.6 is 35.5 Å². The predicted octanol–water partition coefficient (Wildman–Crippen LogP) is 4.30. The van der Waals surface area contributed by atoms with E-state index in [1.807, 2.05) is 0 Å². The van der Waals surface area contributed by atoms with Crippen LogP contribution in [0.5, 0.6) is 0 Å². The first-order chi connectivity index (χ1) is 5.04. The van der Waals surface area contributed by atoms with Gasteiger partial charge in [0.25, 0.3) is 0 Å². The summed E-state index contributed by atoms with van der Waals surface area (Å²) in [6.45, 7) is 0. The van der Waals surface area contributed by atoms with Gasteiger partial charge in [0.1, 0.15) is 0 Å². The maximum absolute atomic E-state index is 11.8. The van der Waals surface area contributed by atoms with Crippen molar-refractivity contribution < 1.29 is 4.57 Å². The first-order valence-corrected chi connectivity index (χ1v) is 9.77. The van der Waals surface area contributed by atoms with E-state index in [1.54, 1.807) is 0 Å². The zero-order chi connectivity index (χ0) is 8.11. The van der Waals surface area contributed by atoms with Crippen molar-refractivity contribution in [3.63, 3.8) is 0 Å². The molecule has 0 amide bonds. The van der Waals surface area contributed by atoms with Gasteiger partial charge in [-0.25, -0.2) is 0 Å². The summed E-state index contributed by atoms with van der Waals surface area (Å²) in [6.07, 6.45) is 6.08. The van der Waals surface area contributed by atoms with Crippen molar-refractivity contribution in [1.82, 2.24) is 0 Å². The zero-order valence-corrected chi connectivity index (χ0v) is 10.3. The van der Waals surface area contributed by atoms with Crippen LogP contribution < -0.4 is 0 Å². The highest BCUT2D eigenvalue weighted by Crippen LogP contribution is 2.79. The van der Waals surface area contributed by atoms with Gasteiger partial charge in [0.2, 0.25) is 4.55 Å². The van der Waals surface area contributed by atoms with Crippen molar-refractivity contribution in [3.05, 3.63) is 0 Å². The van der Waals surface area contributed by atoms with E-state index in [1.165, 1.54) is 19.3 Å². The van der Waals surface area contributed by atoms with E-state index in [-0.39, 0.29) is 5.16 Å². The Hall–Kier alpha value is 1.19. The van der Waals surface area contributed by atoms with E-state index in [4.69, 9.17) is 0 Å². The summed E-state index contributed by atoms with van der Waals surface area (Å²) in [5, 5.41) is 0.137. The van der Waals surface area contributed by atoms with Gasteiger partial charge in [-0.1, -0.05) is 0 Å². The standard InChI is InChI=1S/C7H11Br2OP/c8-11(9,10)7-3-1-6(5-7)2-4-7/h6H,1-5H2. The molecular formula is C7H11Br2OP. The minimum Gasteiger partial charge on any atom is -0.299 e. The van der Waals surface area contributed by atoms with Crippen LogP contribution in [0.15, 0.2) is 0 Å². The average molecular weight is 302 g/mol. The second kappa shape index (κ2) is 2.59. The maximum Gasteiger partial charge on any atom is 0.213 e. The molecule has 0 aliphatic heterocycles. The minimum atomic E-state index is -2.18. The van der Waals surface area contributed by atoms with E-state index in [2.05, 4.69) is 31.0 Å². The molecule has 0 aromatic rings. The molecule has 0 heterocycles. The summed E-state index contributed by atoms with van der Waals surface area (Å²) in [5.74, 6) is 0.874. The summed E-state index contributed by atoms with van der Waals surface area (Å²) in [4.78, 5) is 0. The van der Waals surface area contributed by atoms with Crippen molar-refractivity contribution >= 4 is 35.5 Å². The number of rotatable bonds is 1. The van der Waals surface area contributed by atoms with Gasteiger partial charge in [-0.2, -0.15) is 0 Å². The minimum absolute atomic E-state index is 0.137. The quantitative estimate of drug-likeness (QED) is 0.660. The molecule has 11 heavy (non-hydrogen) atoms. The molecule has 2 rings (SSSR count). The highest BCUT2D eigenvalue weighted by Gasteiger charge is 2.54. The second-order valence-corrected chi connectivity index (χ2v) is 14.6. The summed E-state index contributed by atoms with van der Waals surface area (Å²) >= 11 is 6.64. The lowest BCUT2D eigenvalue weighted by Gasteiger charge is -2.27. The van der Waals surface area contributed by atoms with Gasteiger partial charge >= 0.3 is 0 Å².